The summed E-state index contributed by atoms with van der Waals surface area (Å²) in [5.41, 5.74) is 3.12. The molecule has 7 heteroatoms. The molecule has 0 atom stereocenters. The minimum absolute atomic E-state index is 0.0712. The number of aromatic hydroxyl groups is 1. The van der Waals surface area contributed by atoms with Gasteiger partial charge in [-0.2, -0.15) is 5.10 Å². The molecular weight excluding hydrogens is 286 g/mol. The second-order valence-electron chi connectivity index (χ2n) is 4.20. The van der Waals surface area contributed by atoms with Crippen LogP contribution >= 0.6 is 0 Å². The first-order valence-electron chi connectivity index (χ1n) is 6.34. The maximum absolute atomic E-state index is 11.8. The molecule has 114 valence electrons. The van der Waals surface area contributed by atoms with Crippen molar-refractivity contribution in [2.75, 3.05) is 14.2 Å². The van der Waals surface area contributed by atoms with Crippen LogP contribution in [-0.4, -0.2) is 36.4 Å². The van der Waals surface area contributed by atoms with Gasteiger partial charge in [0.05, 0.1) is 26.0 Å². The third-order valence-electron chi connectivity index (χ3n) is 2.85. The molecule has 0 unspecified atom stereocenters. The first-order valence-corrected chi connectivity index (χ1v) is 6.34. The van der Waals surface area contributed by atoms with Crippen LogP contribution < -0.4 is 14.9 Å². The predicted molar refractivity (Wildman–Crippen MR) is 80.5 cm³/mol. The fourth-order valence-corrected chi connectivity index (χ4v) is 1.73. The van der Waals surface area contributed by atoms with Gasteiger partial charge < -0.3 is 14.6 Å². The van der Waals surface area contributed by atoms with Crippen LogP contribution in [0, 0.1) is 0 Å². The van der Waals surface area contributed by atoms with Crippen molar-refractivity contribution in [3.63, 3.8) is 0 Å². The second kappa shape index (κ2) is 7.07. The monoisotopic (exact) mass is 301 g/mol. The van der Waals surface area contributed by atoms with E-state index in [-0.39, 0.29) is 11.7 Å². The third kappa shape index (κ3) is 3.51. The van der Waals surface area contributed by atoms with Crippen LogP contribution in [0.2, 0.25) is 0 Å². The van der Waals surface area contributed by atoms with E-state index in [9.17, 15) is 9.90 Å². The summed E-state index contributed by atoms with van der Waals surface area (Å²) in [5, 5.41) is 13.8. The zero-order valence-electron chi connectivity index (χ0n) is 12.1. The lowest BCUT2D eigenvalue weighted by Crippen LogP contribution is -2.17. The van der Waals surface area contributed by atoms with Crippen molar-refractivity contribution in [1.82, 2.24) is 10.4 Å². The summed E-state index contributed by atoms with van der Waals surface area (Å²) in [7, 11) is 2.94. The van der Waals surface area contributed by atoms with E-state index in [4.69, 9.17) is 9.47 Å². The highest BCUT2D eigenvalue weighted by atomic mass is 16.5. The van der Waals surface area contributed by atoms with E-state index in [0.29, 0.717) is 22.6 Å². The first kappa shape index (κ1) is 15.3. The molecule has 1 aromatic carbocycles. The standard InChI is InChI=1S/C15H15N3O4/c1-21-11-7-13(19)12(14(8-11)22-2)9-17-18-15(20)10-3-5-16-6-4-10/h3-9,19H,1-2H3,(H,18,20)/b17-9-. The second-order valence-corrected chi connectivity index (χ2v) is 4.20. The van der Waals surface area contributed by atoms with E-state index in [0.717, 1.165) is 0 Å². The van der Waals surface area contributed by atoms with Crippen LogP contribution in [0.25, 0.3) is 0 Å². The number of pyridine rings is 1. The average Bonchev–Trinajstić information content (AvgIpc) is 2.56. The van der Waals surface area contributed by atoms with Crippen molar-refractivity contribution < 1.29 is 19.4 Å². The zero-order valence-corrected chi connectivity index (χ0v) is 12.1. The summed E-state index contributed by atoms with van der Waals surface area (Å²) in [5.74, 6) is 0.370. The van der Waals surface area contributed by atoms with Crippen molar-refractivity contribution in [1.29, 1.82) is 0 Å². The smallest absolute Gasteiger partial charge is 0.271 e. The van der Waals surface area contributed by atoms with Crippen molar-refractivity contribution in [3.8, 4) is 17.2 Å². The number of rotatable bonds is 5. The van der Waals surface area contributed by atoms with Crippen molar-refractivity contribution in [3.05, 3.63) is 47.8 Å². The Labute approximate surface area is 127 Å². The number of carbonyl (C=O) groups is 1. The van der Waals surface area contributed by atoms with Gasteiger partial charge in [0.25, 0.3) is 5.91 Å². The Morgan fingerprint density at radius 3 is 2.64 bits per heavy atom. The van der Waals surface area contributed by atoms with Gasteiger partial charge in [0.1, 0.15) is 17.2 Å². The Morgan fingerprint density at radius 1 is 1.27 bits per heavy atom. The molecule has 0 aliphatic rings. The lowest BCUT2D eigenvalue weighted by Gasteiger charge is -2.09. The fraction of sp³-hybridized carbons (Fsp3) is 0.133. The first-order chi connectivity index (χ1) is 10.7. The maximum Gasteiger partial charge on any atom is 0.271 e. The van der Waals surface area contributed by atoms with E-state index in [2.05, 4.69) is 15.5 Å². The topological polar surface area (TPSA) is 93.0 Å². The number of ether oxygens (including phenoxy) is 2. The molecule has 0 saturated heterocycles. The number of phenols is 1. The van der Waals surface area contributed by atoms with Crippen molar-refractivity contribution in [2.24, 2.45) is 5.10 Å². The van der Waals surface area contributed by atoms with E-state index in [1.807, 2.05) is 0 Å². The van der Waals surface area contributed by atoms with Crippen LogP contribution in [0.5, 0.6) is 17.2 Å². The molecule has 0 aliphatic carbocycles. The number of nitrogens with one attached hydrogen (secondary N) is 1. The SMILES string of the molecule is COc1cc(O)c(/C=N\NC(=O)c2ccncc2)c(OC)c1. The maximum atomic E-state index is 11.8. The highest BCUT2D eigenvalue weighted by Crippen LogP contribution is 2.31. The number of methoxy groups -OCH3 is 2. The Morgan fingerprint density at radius 2 is 2.00 bits per heavy atom. The van der Waals surface area contributed by atoms with Crippen LogP contribution in [0.4, 0.5) is 0 Å². The molecule has 0 aliphatic heterocycles. The molecule has 2 aromatic rings. The van der Waals surface area contributed by atoms with E-state index in [1.54, 1.807) is 18.2 Å². The predicted octanol–water partition coefficient (Wildman–Crippen LogP) is 1.57. The largest absolute Gasteiger partial charge is 0.507 e. The van der Waals surface area contributed by atoms with E-state index in [1.165, 1.54) is 38.9 Å². The number of hydrogen-bond acceptors (Lipinski definition) is 6. The van der Waals surface area contributed by atoms with Gasteiger partial charge in [-0.3, -0.25) is 9.78 Å². The van der Waals surface area contributed by atoms with Gasteiger partial charge in [-0.1, -0.05) is 0 Å². The summed E-state index contributed by atoms with van der Waals surface area (Å²) in [4.78, 5) is 15.6. The molecule has 1 heterocycles. The van der Waals surface area contributed by atoms with Gasteiger partial charge in [-0.15, -0.1) is 0 Å². The highest BCUT2D eigenvalue weighted by molar-refractivity contribution is 5.95. The zero-order chi connectivity index (χ0) is 15.9. The Hall–Kier alpha value is -3.09. The number of amides is 1. The Balaban J connectivity index is 2.15. The van der Waals surface area contributed by atoms with Gasteiger partial charge in [-0.05, 0) is 12.1 Å². The number of hydrogen-bond donors (Lipinski definition) is 2. The summed E-state index contributed by atoms with van der Waals surface area (Å²) >= 11 is 0. The Bertz CT molecular complexity index is 687. The van der Waals surface area contributed by atoms with E-state index >= 15 is 0 Å². The summed E-state index contributed by atoms with van der Waals surface area (Å²) in [6, 6.07) is 6.16. The van der Waals surface area contributed by atoms with Crippen LogP contribution in [-0.2, 0) is 0 Å². The molecule has 0 saturated carbocycles. The van der Waals surface area contributed by atoms with Gasteiger partial charge >= 0.3 is 0 Å². The highest BCUT2D eigenvalue weighted by Gasteiger charge is 2.10. The fourth-order valence-electron chi connectivity index (χ4n) is 1.73. The van der Waals surface area contributed by atoms with Crippen molar-refractivity contribution >= 4 is 12.1 Å². The summed E-state index contributed by atoms with van der Waals surface area (Å²) in [6.07, 6.45) is 4.32. The molecule has 7 nitrogen and oxygen atoms in total. The number of benzene rings is 1. The molecule has 2 N–H and O–H groups in total. The van der Waals surface area contributed by atoms with Gasteiger partial charge in [0.15, 0.2) is 0 Å². The molecule has 2 rings (SSSR count). The van der Waals surface area contributed by atoms with Crippen LogP contribution in [0.1, 0.15) is 15.9 Å². The van der Waals surface area contributed by atoms with Crippen molar-refractivity contribution in [2.45, 2.75) is 0 Å². The molecule has 0 bridgehead atoms. The van der Waals surface area contributed by atoms with Crippen LogP contribution in [0.3, 0.4) is 0 Å². The van der Waals surface area contributed by atoms with Gasteiger partial charge in [0, 0.05) is 30.1 Å². The molecule has 1 aromatic heterocycles. The number of phenolic OH excluding ortho intramolecular Hbond substituents is 1. The Kier molecular flexibility index (Phi) is 4.92. The average molecular weight is 301 g/mol. The molecule has 0 spiro atoms. The quantitative estimate of drug-likeness (QED) is 0.646. The third-order valence-corrected chi connectivity index (χ3v) is 2.85. The normalized spacial score (nSPS) is 10.5. The number of carbonyl (C=O) groups excluding carboxylic acids is 1. The molecule has 22 heavy (non-hydrogen) atoms. The summed E-state index contributed by atoms with van der Waals surface area (Å²) < 4.78 is 10.2. The summed E-state index contributed by atoms with van der Waals surface area (Å²) in [6.45, 7) is 0. The number of aromatic nitrogens is 1. The molecule has 0 fully saturated rings. The minimum Gasteiger partial charge on any atom is -0.507 e. The van der Waals surface area contributed by atoms with Gasteiger partial charge in [-0.25, -0.2) is 5.43 Å². The molecular formula is C15H15N3O4. The lowest BCUT2D eigenvalue weighted by molar-refractivity contribution is 0.0955. The van der Waals surface area contributed by atoms with Crippen LogP contribution in [0.15, 0.2) is 41.8 Å². The minimum atomic E-state index is -0.384. The lowest BCUT2D eigenvalue weighted by atomic mass is 10.2. The molecule has 0 radical (unpaired) electrons. The van der Waals surface area contributed by atoms with Gasteiger partial charge in [0.2, 0.25) is 0 Å². The molecule has 1 amide bonds. The number of nitrogens with zero attached hydrogens (tertiary/aromatic N) is 2. The number of hydrazone groups is 1. The van der Waals surface area contributed by atoms with E-state index < -0.39 is 0 Å².